The van der Waals surface area contributed by atoms with Gasteiger partial charge in [0.15, 0.2) is 0 Å². The first kappa shape index (κ1) is 12.0. The molecule has 0 aromatic heterocycles. The highest BCUT2D eigenvalue weighted by molar-refractivity contribution is 5.68. The number of hydrogen-bond donors (Lipinski definition) is 1. The van der Waals surface area contributed by atoms with E-state index in [0.717, 1.165) is 25.8 Å². The molecule has 0 bridgehead atoms. The number of nitrogens with two attached hydrogens (primary N) is 1. The first-order valence-corrected chi connectivity index (χ1v) is 5.79. The second-order valence-electron chi connectivity index (χ2n) is 3.69. The molecule has 0 spiro atoms. The van der Waals surface area contributed by atoms with Crippen molar-refractivity contribution in [3.8, 4) is 0 Å². The van der Waals surface area contributed by atoms with Gasteiger partial charge in [0.25, 0.3) is 0 Å². The molecule has 0 radical (unpaired) electrons. The van der Waals surface area contributed by atoms with Gasteiger partial charge in [0.2, 0.25) is 0 Å². The van der Waals surface area contributed by atoms with Crippen molar-refractivity contribution in [2.75, 3.05) is 6.54 Å². The van der Waals surface area contributed by atoms with Gasteiger partial charge in [0.1, 0.15) is 0 Å². The number of allylic oxidation sites excluding steroid dienone is 1. The maximum atomic E-state index is 5.64. The Balaban J connectivity index is 3.05. The van der Waals surface area contributed by atoms with Crippen LogP contribution >= 0.6 is 0 Å². The summed E-state index contributed by atoms with van der Waals surface area (Å²) < 4.78 is 0. The topological polar surface area (TPSA) is 26.0 Å². The third kappa shape index (κ3) is 3.21. The van der Waals surface area contributed by atoms with Gasteiger partial charge in [-0.25, -0.2) is 0 Å². The second kappa shape index (κ2) is 6.41. The molecule has 1 nitrogen and oxygen atoms in total. The van der Waals surface area contributed by atoms with Crippen molar-refractivity contribution in [1.29, 1.82) is 0 Å². The van der Waals surface area contributed by atoms with Crippen molar-refractivity contribution >= 4 is 5.57 Å². The molecule has 15 heavy (non-hydrogen) atoms. The van der Waals surface area contributed by atoms with E-state index in [4.69, 9.17) is 5.73 Å². The maximum absolute atomic E-state index is 5.64. The van der Waals surface area contributed by atoms with Crippen molar-refractivity contribution in [2.24, 2.45) is 5.73 Å². The second-order valence-corrected chi connectivity index (χ2v) is 3.69. The molecule has 0 amide bonds. The van der Waals surface area contributed by atoms with E-state index in [2.05, 4.69) is 44.2 Å². The molecule has 1 aromatic rings. The van der Waals surface area contributed by atoms with Crippen molar-refractivity contribution in [2.45, 2.75) is 33.1 Å². The van der Waals surface area contributed by atoms with E-state index < -0.39 is 0 Å². The standard InChI is InChI=1S/C14H21N/c1-3-12(10-11-15)14(4-2)13-8-6-5-7-9-13/h5-9H,3-4,10-11,15H2,1-2H3. The lowest BCUT2D eigenvalue weighted by atomic mass is 9.94. The predicted octanol–water partition coefficient (Wildman–Crippen LogP) is 3.61. The third-order valence-corrected chi connectivity index (χ3v) is 2.78. The van der Waals surface area contributed by atoms with Crippen LogP contribution < -0.4 is 5.73 Å². The molecule has 82 valence electrons. The first-order chi connectivity index (χ1) is 7.33. The van der Waals surface area contributed by atoms with Crippen LogP contribution in [0.4, 0.5) is 0 Å². The Morgan fingerprint density at radius 3 is 2.20 bits per heavy atom. The minimum atomic E-state index is 0.750. The van der Waals surface area contributed by atoms with E-state index in [1.54, 1.807) is 0 Å². The largest absolute Gasteiger partial charge is 0.330 e. The van der Waals surface area contributed by atoms with Gasteiger partial charge in [-0.05, 0) is 36.9 Å². The van der Waals surface area contributed by atoms with Crippen LogP contribution in [0, 0.1) is 0 Å². The van der Waals surface area contributed by atoms with Crippen molar-refractivity contribution in [3.05, 3.63) is 41.5 Å². The zero-order valence-corrected chi connectivity index (χ0v) is 9.79. The molecule has 0 saturated heterocycles. The van der Waals surface area contributed by atoms with Gasteiger partial charge in [-0.1, -0.05) is 49.8 Å². The summed E-state index contributed by atoms with van der Waals surface area (Å²) in [7, 11) is 0. The molecule has 2 N–H and O–H groups in total. The molecular weight excluding hydrogens is 182 g/mol. The number of benzene rings is 1. The van der Waals surface area contributed by atoms with Gasteiger partial charge in [-0.2, -0.15) is 0 Å². The van der Waals surface area contributed by atoms with Gasteiger partial charge >= 0.3 is 0 Å². The molecule has 0 atom stereocenters. The zero-order valence-electron chi connectivity index (χ0n) is 9.79. The van der Waals surface area contributed by atoms with Crippen LogP contribution in [0.25, 0.3) is 5.57 Å². The normalized spacial score (nSPS) is 12.5. The lowest BCUT2D eigenvalue weighted by Gasteiger charge is -2.12. The third-order valence-electron chi connectivity index (χ3n) is 2.78. The van der Waals surface area contributed by atoms with Crippen LogP contribution in [-0.4, -0.2) is 6.54 Å². The lowest BCUT2D eigenvalue weighted by Crippen LogP contribution is -2.02. The minimum absolute atomic E-state index is 0.750. The van der Waals surface area contributed by atoms with Crippen LogP contribution in [0.2, 0.25) is 0 Å². The number of rotatable bonds is 5. The molecule has 0 aliphatic heterocycles. The van der Waals surface area contributed by atoms with Crippen LogP contribution in [0.5, 0.6) is 0 Å². The van der Waals surface area contributed by atoms with Gasteiger partial charge < -0.3 is 5.73 Å². The molecule has 0 fully saturated rings. The van der Waals surface area contributed by atoms with Gasteiger partial charge in [0, 0.05) is 0 Å². The summed E-state index contributed by atoms with van der Waals surface area (Å²) >= 11 is 0. The summed E-state index contributed by atoms with van der Waals surface area (Å²) in [4.78, 5) is 0. The quantitative estimate of drug-likeness (QED) is 0.777. The Bertz CT molecular complexity index is 311. The van der Waals surface area contributed by atoms with E-state index in [0.29, 0.717) is 0 Å². The predicted molar refractivity (Wildman–Crippen MR) is 67.6 cm³/mol. The molecular formula is C14H21N. The van der Waals surface area contributed by atoms with Crippen LogP contribution in [0.3, 0.4) is 0 Å². The highest BCUT2D eigenvalue weighted by atomic mass is 14.5. The molecule has 0 saturated carbocycles. The van der Waals surface area contributed by atoms with Gasteiger partial charge in [-0.3, -0.25) is 0 Å². The summed E-state index contributed by atoms with van der Waals surface area (Å²) in [6, 6.07) is 10.6. The van der Waals surface area contributed by atoms with Crippen molar-refractivity contribution < 1.29 is 0 Å². The molecule has 1 heteroatoms. The van der Waals surface area contributed by atoms with E-state index in [1.165, 1.54) is 16.7 Å². The van der Waals surface area contributed by atoms with Crippen LogP contribution in [-0.2, 0) is 0 Å². The summed E-state index contributed by atoms with van der Waals surface area (Å²) in [6.45, 7) is 5.18. The average molecular weight is 203 g/mol. The lowest BCUT2D eigenvalue weighted by molar-refractivity contribution is 0.889. The fourth-order valence-electron chi connectivity index (χ4n) is 2.01. The summed E-state index contributed by atoms with van der Waals surface area (Å²) in [6.07, 6.45) is 3.22. The molecule has 0 aliphatic rings. The van der Waals surface area contributed by atoms with Crippen molar-refractivity contribution in [3.63, 3.8) is 0 Å². The Labute approximate surface area is 93.0 Å². The fraction of sp³-hybridized carbons (Fsp3) is 0.429. The molecule has 1 aromatic carbocycles. The number of hydrogen-bond acceptors (Lipinski definition) is 1. The Morgan fingerprint density at radius 2 is 1.73 bits per heavy atom. The van der Waals surface area contributed by atoms with E-state index >= 15 is 0 Å². The van der Waals surface area contributed by atoms with Crippen molar-refractivity contribution in [1.82, 2.24) is 0 Å². The minimum Gasteiger partial charge on any atom is -0.330 e. The van der Waals surface area contributed by atoms with Crippen LogP contribution in [0.15, 0.2) is 35.9 Å². The summed E-state index contributed by atoms with van der Waals surface area (Å²) in [5, 5.41) is 0. The van der Waals surface area contributed by atoms with E-state index in [1.807, 2.05) is 0 Å². The maximum Gasteiger partial charge on any atom is -0.00397 e. The Kier molecular flexibility index (Phi) is 5.13. The first-order valence-electron chi connectivity index (χ1n) is 5.79. The molecule has 1 rings (SSSR count). The molecule has 0 unspecified atom stereocenters. The summed E-state index contributed by atoms with van der Waals surface area (Å²) in [5.41, 5.74) is 9.97. The summed E-state index contributed by atoms with van der Waals surface area (Å²) in [5.74, 6) is 0. The van der Waals surface area contributed by atoms with Gasteiger partial charge in [0.05, 0.1) is 0 Å². The Morgan fingerprint density at radius 1 is 1.07 bits per heavy atom. The molecule has 0 aliphatic carbocycles. The fourth-order valence-corrected chi connectivity index (χ4v) is 2.01. The highest BCUT2D eigenvalue weighted by Gasteiger charge is 2.04. The Hall–Kier alpha value is -1.08. The monoisotopic (exact) mass is 203 g/mol. The molecule has 0 heterocycles. The van der Waals surface area contributed by atoms with Crippen LogP contribution in [0.1, 0.15) is 38.7 Å². The smallest absolute Gasteiger partial charge is 0.00397 e. The van der Waals surface area contributed by atoms with E-state index in [-0.39, 0.29) is 0 Å². The SMILES string of the molecule is CCC(CCN)=C(CC)c1ccccc1. The van der Waals surface area contributed by atoms with Gasteiger partial charge in [-0.15, -0.1) is 0 Å². The zero-order chi connectivity index (χ0) is 11.1. The van der Waals surface area contributed by atoms with E-state index in [9.17, 15) is 0 Å². The highest BCUT2D eigenvalue weighted by Crippen LogP contribution is 2.25. The average Bonchev–Trinajstić information content (AvgIpc) is 2.30.